The molecule has 0 aliphatic carbocycles. The van der Waals surface area contributed by atoms with Gasteiger partial charge in [-0.15, -0.1) is 0 Å². The van der Waals surface area contributed by atoms with E-state index in [1.165, 1.54) is 0 Å². The van der Waals surface area contributed by atoms with Crippen molar-refractivity contribution < 1.29 is 13.9 Å². The molecule has 2 unspecified atom stereocenters. The number of halogens is 1. The summed E-state index contributed by atoms with van der Waals surface area (Å²) >= 11 is 0. The fraction of sp³-hybridized carbons (Fsp3) is 0.455. The molecule has 2 aromatic rings. The van der Waals surface area contributed by atoms with Crippen molar-refractivity contribution in [3.05, 3.63) is 71.8 Å². The Bertz CT molecular complexity index is 571. The van der Waals surface area contributed by atoms with Gasteiger partial charge in [0, 0.05) is 19.6 Å². The molecule has 0 aliphatic heterocycles. The Morgan fingerprint density at radius 2 is 1.44 bits per heavy atom. The number of nitrogens with zero attached hydrogens (tertiary/aromatic N) is 1. The zero-order valence-corrected chi connectivity index (χ0v) is 16.1. The van der Waals surface area contributed by atoms with Crippen LogP contribution in [0.1, 0.15) is 24.5 Å². The molecule has 0 amide bonds. The SMILES string of the molecule is CCC(F)C(OCCOCCN)N(Cc1ccccc1)Cc1ccccc1. The molecule has 4 nitrogen and oxygen atoms in total. The Kier molecular flexibility index (Phi) is 10.0. The van der Waals surface area contributed by atoms with Crippen molar-refractivity contribution in [3.63, 3.8) is 0 Å². The van der Waals surface area contributed by atoms with Gasteiger partial charge in [-0.25, -0.2) is 4.39 Å². The van der Waals surface area contributed by atoms with Crippen LogP contribution in [0, 0.1) is 0 Å². The zero-order chi connectivity index (χ0) is 19.3. The molecule has 148 valence electrons. The lowest BCUT2D eigenvalue weighted by atomic mass is 10.1. The van der Waals surface area contributed by atoms with Crippen molar-refractivity contribution in [2.24, 2.45) is 5.73 Å². The minimum Gasteiger partial charge on any atom is -0.378 e. The fourth-order valence-electron chi connectivity index (χ4n) is 2.93. The van der Waals surface area contributed by atoms with Gasteiger partial charge < -0.3 is 15.2 Å². The molecular weight excluding hydrogens is 343 g/mol. The van der Waals surface area contributed by atoms with E-state index in [9.17, 15) is 4.39 Å². The zero-order valence-electron chi connectivity index (χ0n) is 16.1. The molecule has 0 fully saturated rings. The standard InChI is InChI=1S/C22H31FN2O2/c1-2-21(23)22(27-16-15-26-14-13-24)25(17-19-9-5-3-6-10-19)18-20-11-7-4-8-12-20/h3-12,21-22H,2,13-18,24H2,1H3. The summed E-state index contributed by atoms with van der Waals surface area (Å²) in [5.74, 6) is 0. The van der Waals surface area contributed by atoms with E-state index < -0.39 is 12.4 Å². The molecule has 0 saturated carbocycles. The van der Waals surface area contributed by atoms with Crippen LogP contribution in [0.3, 0.4) is 0 Å². The summed E-state index contributed by atoms with van der Waals surface area (Å²) in [7, 11) is 0. The van der Waals surface area contributed by atoms with Crippen LogP contribution in [0.5, 0.6) is 0 Å². The molecule has 0 radical (unpaired) electrons. The summed E-state index contributed by atoms with van der Waals surface area (Å²) in [6, 6.07) is 20.2. The number of rotatable bonds is 13. The fourth-order valence-corrected chi connectivity index (χ4v) is 2.93. The Balaban J connectivity index is 2.11. The predicted molar refractivity (Wildman–Crippen MR) is 107 cm³/mol. The van der Waals surface area contributed by atoms with Gasteiger partial charge in [0.25, 0.3) is 0 Å². The van der Waals surface area contributed by atoms with Gasteiger partial charge in [0.05, 0.1) is 19.8 Å². The largest absolute Gasteiger partial charge is 0.378 e. The van der Waals surface area contributed by atoms with Crippen LogP contribution in [-0.2, 0) is 22.6 Å². The molecule has 2 N–H and O–H groups in total. The third kappa shape index (κ3) is 7.77. The van der Waals surface area contributed by atoms with E-state index in [0.29, 0.717) is 45.9 Å². The highest BCUT2D eigenvalue weighted by Gasteiger charge is 2.27. The van der Waals surface area contributed by atoms with Gasteiger partial charge in [-0.2, -0.15) is 0 Å². The first-order valence-electron chi connectivity index (χ1n) is 9.60. The van der Waals surface area contributed by atoms with Gasteiger partial charge >= 0.3 is 0 Å². The third-order valence-corrected chi connectivity index (χ3v) is 4.29. The first-order chi connectivity index (χ1) is 13.2. The molecular formula is C22H31FN2O2. The molecule has 2 rings (SSSR count). The van der Waals surface area contributed by atoms with Crippen LogP contribution in [-0.4, -0.2) is 43.7 Å². The van der Waals surface area contributed by atoms with E-state index in [2.05, 4.69) is 29.2 Å². The van der Waals surface area contributed by atoms with E-state index >= 15 is 0 Å². The molecule has 0 saturated heterocycles. The number of nitrogens with two attached hydrogens (primary N) is 1. The lowest BCUT2D eigenvalue weighted by Gasteiger charge is -2.33. The number of hydrogen-bond acceptors (Lipinski definition) is 4. The highest BCUT2D eigenvalue weighted by Crippen LogP contribution is 2.20. The Morgan fingerprint density at radius 1 is 0.889 bits per heavy atom. The van der Waals surface area contributed by atoms with Gasteiger partial charge in [0.15, 0.2) is 0 Å². The maximum atomic E-state index is 14.8. The Morgan fingerprint density at radius 3 is 1.93 bits per heavy atom. The normalized spacial score (nSPS) is 13.6. The van der Waals surface area contributed by atoms with E-state index in [1.807, 2.05) is 43.3 Å². The molecule has 2 atom stereocenters. The Labute approximate surface area is 162 Å². The van der Waals surface area contributed by atoms with Gasteiger partial charge in [-0.1, -0.05) is 67.6 Å². The topological polar surface area (TPSA) is 47.7 Å². The van der Waals surface area contributed by atoms with E-state index in [4.69, 9.17) is 15.2 Å². The summed E-state index contributed by atoms with van der Waals surface area (Å²) < 4.78 is 26.1. The van der Waals surface area contributed by atoms with E-state index in [-0.39, 0.29) is 0 Å². The summed E-state index contributed by atoms with van der Waals surface area (Å²) in [6.45, 7) is 4.78. The van der Waals surface area contributed by atoms with Crippen molar-refractivity contribution >= 4 is 0 Å². The quantitative estimate of drug-likeness (QED) is 0.428. The van der Waals surface area contributed by atoms with Gasteiger partial charge in [0.2, 0.25) is 0 Å². The van der Waals surface area contributed by atoms with Crippen molar-refractivity contribution in [1.82, 2.24) is 4.90 Å². The van der Waals surface area contributed by atoms with Crippen LogP contribution >= 0.6 is 0 Å². The molecule has 0 aromatic heterocycles. The second kappa shape index (κ2) is 12.6. The molecule has 27 heavy (non-hydrogen) atoms. The van der Waals surface area contributed by atoms with Gasteiger partial charge in [0.1, 0.15) is 12.4 Å². The number of benzene rings is 2. The van der Waals surface area contributed by atoms with Crippen molar-refractivity contribution in [2.75, 3.05) is 26.4 Å². The van der Waals surface area contributed by atoms with Crippen molar-refractivity contribution in [2.45, 2.75) is 38.8 Å². The first-order valence-corrected chi connectivity index (χ1v) is 9.60. The van der Waals surface area contributed by atoms with Gasteiger partial charge in [-0.05, 0) is 17.5 Å². The second-order valence-electron chi connectivity index (χ2n) is 6.46. The van der Waals surface area contributed by atoms with Crippen LogP contribution in [0.15, 0.2) is 60.7 Å². The smallest absolute Gasteiger partial charge is 0.142 e. The van der Waals surface area contributed by atoms with Crippen LogP contribution < -0.4 is 5.73 Å². The predicted octanol–water partition coefficient (Wildman–Crippen LogP) is 3.75. The summed E-state index contributed by atoms with van der Waals surface area (Å²) in [6.07, 6.45) is -1.31. The van der Waals surface area contributed by atoms with Crippen LogP contribution in [0.2, 0.25) is 0 Å². The van der Waals surface area contributed by atoms with E-state index in [1.54, 1.807) is 0 Å². The van der Waals surface area contributed by atoms with Crippen molar-refractivity contribution in [3.8, 4) is 0 Å². The average molecular weight is 375 g/mol. The molecule has 0 bridgehead atoms. The lowest BCUT2D eigenvalue weighted by Crippen LogP contribution is -2.43. The lowest BCUT2D eigenvalue weighted by molar-refractivity contribution is -0.121. The van der Waals surface area contributed by atoms with Crippen molar-refractivity contribution in [1.29, 1.82) is 0 Å². The molecule has 0 heterocycles. The molecule has 0 aliphatic rings. The summed E-state index contributed by atoms with van der Waals surface area (Å²) in [5, 5.41) is 0. The van der Waals surface area contributed by atoms with E-state index in [0.717, 1.165) is 11.1 Å². The number of alkyl halides is 1. The average Bonchev–Trinajstić information content (AvgIpc) is 2.71. The monoisotopic (exact) mass is 374 g/mol. The highest BCUT2D eigenvalue weighted by atomic mass is 19.1. The maximum absolute atomic E-state index is 14.8. The third-order valence-electron chi connectivity index (χ3n) is 4.29. The summed E-state index contributed by atoms with van der Waals surface area (Å²) in [4.78, 5) is 2.06. The second-order valence-corrected chi connectivity index (χ2v) is 6.46. The first kappa shape index (κ1) is 21.5. The minimum atomic E-state index is -1.08. The maximum Gasteiger partial charge on any atom is 0.142 e. The Hall–Kier alpha value is -1.79. The van der Waals surface area contributed by atoms with Crippen LogP contribution in [0.4, 0.5) is 4.39 Å². The molecule has 0 spiro atoms. The van der Waals surface area contributed by atoms with Crippen LogP contribution in [0.25, 0.3) is 0 Å². The number of ether oxygens (including phenoxy) is 2. The minimum absolute atomic E-state index is 0.338. The molecule has 2 aromatic carbocycles. The molecule has 5 heteroatoms. The number of hydrogen-bond donors (Lipinski definition) is 1. The summed E-state index contributed by atoms with van der Waals surface area (Å²) in [5.41, 5.74) is 7.69. The van der Waals surface area contributed by atoms with Gasteiger partial charge in [-0.3, -0.25) is 4.90 Å². The highest BCUT2D eigenvalue weighted by molar-refractivity contribution is 5.17.